The minimum atomic E-state index is 0.0702. The summed E-state index contributed by atoms with van der Waals surface area (Å²) >= 11 is 0. The lowest BCUT2D eigenvalue weighted by Gasteiger charge is -2.35. The summed E-state index contributed by atoms with van der Waals surface area (Å²) < 4.78 is 30.7. The summed E-state index contributed by atoms with van der Waals surface area (Å²) in [5.74, 6) is 4.16. The Morgan fingerprint density at radius 2 is 1.59 bits per heavy atom. The minimum absolute atomic E-state index is 0.0702. The summed E-state index contributed by atoms with van der Waals surface area (Å²) in [6, 6.07) is 19.8. The van der Waals surface area contributed by atoms with E-state index in [-0.39, 0.29) is 11.8 Å². The number of hydrogen-bond donors (Lipinski definition) is 1. The Morgan fingerprint density at radius 1 is 0.818 bits per heavy atom. The molecule has 4 aliphatic rings. The average Bonchev–Trinajstić information content (AvgIpc) is 3.04. The van der Waals surface area contributed by atoms with E-state index < -0.39 is 0 Å². The van der Waals surface area contributed by atoms with E-state index in [1.807, 2.05) is 42.5 Å². The number of fused-ring (bicyclic) bond motifs is 2. The Kier molecular flexibility index (Phi) is 7.30. The summed E-state index contributed by atoms with van der Waals surface area (Å²) in [5, 5.41) is 10.7. The Labute approximate surface area is 257 Å². The van der Waals surface area contributed by atoms with Crippen molar-refractivity contribution in [1.29, 1.82) is 0 Å². The number of benzene rings is 4. The summed E-state index contributed by atoms with van der Waals surface area (Å²) in [6.45, 7) is 1.58. The fourth-order valence-electron chi connectivity index (χ4n) is 6.59. The Hall–Kier alpha value is -4.69. The van der Waals surface area contributed by atoms with Crippen LogP contribution in [0.2, 0.25) is 0 Å². The highest BCUT2D eigenvalue weighted by Crippen LogP contribution is 2.49. The lowest BCUT2D eigenvalue weighted by molar-refractivity contribution is 0.228. The molecule has 4 aromatic carbocycles. The summed E-state index contributed by atoms with van der Waals surface area (Å²) in [6.07, 6.45) is 2.97. The summed E-state index contributed by atoms with van der Waals surface area (Å²) in [7, 11) is 7.10. The number of hydrogen-bond acceptors (Lipinski definition) is 8. The van der Waals surface area contributed by atoms with Crippen molar-refractivity contribution in [3.8, 4) is 46.0 Å². The van der Waals surface area contributed by atoms with Crippen LogP contribution in [0.3, 0.4) is 0 Å². The van der Waals surface area contributed by atoms with E-state index in [1.165, 1.54) is 11.1 Å². The molecule has 6 bridgehead atoms. The van der Waals surface area contributed by atoms with Gasteiger partial charge in [-0.2, -0.15) is 0 Å². The zero-order valence-corrected chi connectivity index (χ0v) is 25.5. The molecular formula is C36H36N2O6. The number of ether oxygens (including phenoxy) is 5. The van der Waals surface area contributed by atoms with E-state index in [0.717, 1.165) is 53.8 Å². The zero-order chi connectivity index (χ0) is 30.4. The molecule has 0 radical (unpaired) electrons. The number of phenolic OH excluding ortho intramolecular Hbond substituents is 1. The molecule has 0 spiro atoms. The van der Waals surface area contributed by atoms with E-state index in [4.69, 9.17) is 28.7 Å². The number of methoxy groups -OCH3 is 3. The maximum atomic E-state index is 10.7. The molecule has 0 aromatic heterocycles. The second kappa shape index (κ2) is 11.4. The van der Waals surface area contributed by atoms with Gasteiger partial charge in [0.25, 0.3) is 0 Å². The number of aromatic hydroxyl groups is 1. The molecule has 4 aliphatic heterocycles. The third-order valence-corrected chi connectivity index (χ3v) is 8.92. The van der Waals surface area contributed by atoms with Gasteiger partial charge >= 0.3 is 0 Å². The number of aliphatic imine (C=N–C) groups is 1. The van der Waals surface area contributed by atoms with Crippen LogP contribution in [0.4, 0.5) is 0 Å². The highest BCUT2D eigenvalue weighted by atomic mass is 16.5. The molecule has 4 heterocycles. The Balaban J connectivity index is 1.46. The molecule has 8 rings (SSSR count). The Bertz CT molecular complexity index is 1760. The van der Waals surface area contributed by atoms with Gasteiger partial charge in [-0.1, -0.05) is 18.2 Å². The second-order valence-electron chi connectivity index (χ2n) is 11.5. The molecule has 1 unspecified atom stereocenters. The molecule has 44 heavy (non-hydrogen) atoms. The number of phenols is 1. The van der Waals surface area contributed by atoms with E-state index in [0.29, 0.717) is 53.2 Å². The molecule has 0 saturated heterocycles. The quantitative estimate of drug-likeness (QED) is 0.284. The van der Waals surface area contributed by atoms with Crippen molar-refractivity contribution in [3.05, 3.63) is 94.0 Å². The minimum Gasteiger partial charge on any atom is -0.504 e. The molecule has 0 saturated carbocycles. The van der Waals surface area contributed by atoms with Crippen LogP contribution >= 0.6 is 0 Å². The van der Waals surface area contributed by atoms with Gasteiger partial charge in [0, 0.05) is 31.1 Å². The van der Waals surface area contributed by atoms with Crippen molar-refractivity contribution in [2.24, 2.45) is 4.99 Å². The zero-order valence-electron chi connectivity index (χ0n) is 25.5. The third kappa shape index (κ3) is 4.99. The van der Waals surface area contributed by atoms with Gasteiger partial charge in [0.2, 0.25) is 5.75 Å². The van der Waals surface area contributed by atoms with Crippen LogP contribution < -0.4 is 23.7 Å². The maximum Gasteiger partial charge on any atom is 0.204 e. The van der Waals surface area contributed by atoms with E-state index in [9.17, 15) is 5.11 Å². The van der Waals surface area contributed by atoms with Gasteiger partial charge in [0.05, 0.1) is 27.0 Å². The van der Waals surface area contributed by atoms with Crippen molar-refractivity contribution < 1.29 is 28.8 Å². The molecule has 1 atom stereocenters. The van der Waals surface area contributed by atoms with Crippen molar-refractivity contribution >= 4 is 5.71 Å². The first-order valence-electron chi connectivity index (χ1n) is 14.9. The maximum absolute atomic E-state index is 10.7. The predicted molar refractivity (Wildman–Crippen MR) is 169 cm³/mol. The van der Waals surface area contributed by atoms with Crippen LogP contribution in [0.1, 0.15) is 39.4 Å². The number of rotatable bonds is 3. The molecular weight excluding hydrogens is 556 g/mol. The summed E-state index contributed by atoms with van der Waals surface area (Å²) in [5.41, 5.74) is 7.46. The first-order valence-corrected chi connectivity index (χ1v) is 14.9. The normalized spacial score (nSPS) is 17.3. The van der Waals surface area contributed by atoms with Gasteiger partial charge in [-0.3, -0.25) is 9.89 Å². The van der Waals surface area contributed by atoms with Gasteiger partial charge in [-0.25, -0.2) is 0 Å². The summed E-state index contributed by atoms with van der Waals surface area (Å²) in [4.78, 5) is 7.34. The molecule has 226 valence electrons. The lowest BCUT2D eigenvalue weighted by Crippen LogP contribution is -2.33. The highest BCUT2D eigenvalue weighted by molar-refractivity contribution is 6.07. The average molecular weight is 593 g/mol. The second-order valence-corrected chi connectivity index (χ2v) is 11.5. The molecule has 0 aliphatic carbocycles. The van der Waals surface area contributed by atoms with E-state index >= 15 is 0 Å². The molecule has 0 fully saturated rings. The van der Waals surface area contributed by atoms with Crippen LogP contribution in [-0.2, 0) is 25.7 Å². The number of nitrogens with zero attached hydrogens (tertiary/aromatic N) is 2. The first kappa shape index (κ1) is 28.1. The lowest BCUT2D eigenvalue weighted by atomic mass is 9.88. The first-order chi connectivity index (χ1) is 21.4. The monoisotopic (exact) mass is 592 g/mol. The highest BCUT2D eigenvalue weighted by Gasteiger charge is 2.31. The van der Waals surface area contributed by atoms with Gasteiger partial charge in [0.1, 0.15) is 5.75 Å². The Morgan fingerprint density at radius 3 is 2.36 bits per heavy atom. The predicted octanol–water partition coefficient (Wildman–Crippen LogP) is 6.68. The SMILES string of the molecule is COc1cc2c3cc1Oc1c(OC)c(OC)cc4c1C(=NCC4)Cc1ccc(cc1)Oc1cc(ccc1O)CC3N(C)CC2. The number of likely N-dealkylation sites (N-methyl/N-ethyl adjacent to an activating group) is 1. The van der Waals surface area contributed by atoms with Crippen LogP contribution in [0.5, 0.6) is 46.0 Å². The van der Waals surface area contributed by atoms with E-state index in [2.05, 4.69) is 24.1 Å². The van der Waals surface area contributed by atoms with Crippen molar-refractivity contribution in [1.82, 2.24) is 4.90 Å². The van der Waals surface area contributed by atoms with Gasteiger partial charge in [-0.15, -0.1) is 0 Å². The van der Waals surface area contributed by atoms with Crippen molar-refractivity contribution in [3.63, 3.8) is 0 Å². The van der Waals surface area contributed by atoms with Crippen LogP contribution in [-0.4, -0.2) is 57.2 Å². The molecule has 8 heteroatoms. The molecule has 0 amide bonds. The molecule has 8 nitrogen and oxygen atoms in total. The van der Waals surface area contributed by atoms with Gasteiger partial charge < -0.3 is 28.8 Å². The van der Waals surface area contributed by atoms with Gasteiger partial charge in [0.15, 0.2) is 34.5 Å². The van der Waals surface area contributed by atoms with Crippen LogP contribution in [0, 0.1) is 0 Å². The largest absolute Gasteiger partial charge is 0.504 e. The third-order valence-electron chi connectivity index (χ3n) is 8.92. The van der Waals surface area contributed by atoms with Crippen molar-refractivity contribution in [2.45, 2.75) is 31.7 Å². The fourth-order valence-corrected chi connectivity index (χ4v) is 6.59. The van der Waals surface area contributed by atoms with E-state index in [1.54, 1.807) is 27.4 Å². The topological polar surface area (TPSA) is 82.0 Å². The standard InChI is InChI=1S/C36H36N2O6/c1-38-14-12-23-18-31(40-2)32-20-26(23)28(38)16-22-7-10-29(39)30(17-22)43-25-8-5-21(6-9-25)15-27-34-24(11-13-37-27)19-33(41-3)35(42-4)36(34)44-32/h5-10,17-20,28,39H,11-16H2,1-4H3. The molecule has 1 N–H and O–H groups in total. The smallest absolute Gasteiger partial charge is 0.204 e. The van der Waals surface area contributed by atoms with Gasteiger partial charge in [-0.05, 0) is 96.6 Å². The molecule has 4 aromatic rings. The van der Waals surface area contributed by atoms with Crippen molar-refractivity contribution in [2.75, 3.05) is 41.5 Å². The van der Waals surface area contributed by atoms with Crippen LogP contribution in [0.25, 0.3) is 0 Å². The fraction of sp³-hybridized carbons (Fsp3) is 0.306. The van der Waals surface area contributed by atoms with Crippen LogP contribution in [0.15, 0.2) is 65.7 Å².